The maximum atomic E-state index is 13.5. The molecule has 9 heteroatoms. The Hall–Kier alpha value is -4.40. The second-order valence-electron chi connectivity index (χ2n) is 8.66. The van der Waals surface area contributed by atoms with E-state index in [2.05, 4.69) is 25.7 Å². The van der Waals surface area contributed by atoms with Gasteiger partial charge in [-0.05, 0) is 68.3 Å². The van der Waals surface area contributed by atoms with Gasteiger partial charge in [0.05, 0.1) is 6.54 Å². The highest BCUT2D eigenvalue weighted by atomic mass is 19.1. The molecule has 2 amide bonds. The van der Waals surface area contributed by atoms with Crippen LogP contribution in [0.5, 0.6) is 0 Å². The van der Waals surface area contributed by atoms with Crippen molar-refractivity contribution in [1.82, 2.24) is 25.1 Å². The normalized spacial score (nSPS) is 11.2. The van der Waals surface area contributed by atoms with Crippen LogP contribution in [0.25, 0.3) is 11.4 Å². The lowest BCUT2D eigenvalue weighted by atomic mass is 10.0. The van der Waals surface area contributed by atoms with E-state index in [-0.39, 0.29) is 17.5 Å². The highest BCUT2D eigenvalue weighted by Crippen LogP contribution is 2.21. The summed E-state index contributed by atoms with van der Waals surface area (Å²) in [6.07, 6.45) is 1.54. The van der Waals surface area contributed by atoms with E-state index >= 15 is 0 Å². The number of aromatic nitrogens is 4. The summed E-state index contributed by atoms with van der Waals surface area (Å²) in [7, 11) is 0. The van der Waals surface area contributed by atoms with Crippen LogP contribution in [0.3, 0.4) is 0 Å². The first kappa shape index (κ1) is 23.7. The van der Waals surface area contributed by atoms with Crippen molar-refractivity contribution in [1.29, 1.82) is 0 Å². The first-order valence-electron chi connectivity index (χ1n) is 11.0. The van der Waals surface area contributed by atoms with Crippen molar-refractivity contribution < 1.29 is 14.0 Å². The zero-order chi connectivity index (χ0) is 25.0. The Bertz CT molecular complexity index is 1350. The van der Waals surface area contributed by atoms with E-state index in [4.69, 9.17) is 0 Å². The molecule has 2 aromatic carbocycles. The number of benzene rings is 2. The second kappa shape index (κ2) is 9.84. The third-order valence-electron chi connectivity index (χ3n) is 5.32. The number of pyridine rings is 1. The highest BCUT2D eigenvalue weighted by molar-refractivity contribution is 6.02. The highest BCUT2D eigenvalue weighted by Gasteiger charge is 2.31. The molecular weight excluding hydrogens is 447 g/mol. The smallest absolute Gasteiger partial charge is 0.270 e. The number of carbonyl (C=O) groups is 2. The SMILES string of the molecule is Cc1ccnc(C(=O)NC(C)(C)C(=O)Nc2nc(-c3ccc(F)cc3)n(Cc3ccccc3)n2)c1. The Kier molecular flexibility index (Phi) is 6.68. The Labute approximate surface area is 202 Å². The topological polar surface area (TPSA) is 102 Å². The third-order valence-corrected chi connectivity index (χ3v) is 5.32. The van der Waals surface area contributed by atoms with Gasteiger partial charge in [0.15, 0.2) is 5.82 Å². The summed E-state index contributed by atoms with van der Waals surface area (Å²) in [4.78, 5) is 34.2. The summed E-state index contributed by atoms with van der Waals surface area (Å²) >= 11 is 0. The lowest BCUT2D eigenvalue weighted by Gasteiger charge is -2.24. The van der Waals surface area contributed by atoms with Gasteiger partial charge in [0.1, 0.15) is 17.1 Å². The summed E-state index contributed by atoms with van der Waals surface area (Å²) < 4.78 is 15.1. The maximum Gasteiger partial charge on any atom is 0.270 e. The lowest BCUT2D eigenvalue weighted by molar-refractivity contribution is -0.121. The molecule has 0 saturated heterocycles. The van der Waals surface area contributed by atoms with E-state index < -0.39 is 17.4 Å². The van der Waals surface area contributed by atoms with Gasteiger partial charge in [-0.25, -0.2) is 9.07 Å². The fourth-order valence-electron chi connectivity index (χ4n) is 3.40. The fraction of sp³-hybridized carbons (Fsp3) is 0.192. The molecule has 2 aromatic heterocycles. The number of nitrogens with one attached hydrogen (secondary N) is 2. The van der Waals surface area contributed by atoms with Crippen LogP contribution < -0.4 is 10.6 Å². The summed E-state index contributed by atoms with van der Waals surface area (Å²) in [5.74, 6) is -0.794. The minimum Gasteiger partial charge on any atom is -0.337 e. The number of halogens is 1. The van der Waals surface area contributed by atoms with Gasteiger partial charge in [-0.1, -0.05) is 30.3 Å². The number of nitrogens with zero attached hydrogens (tertiary/aromatic N) is 4. The van der Waals surface area contributed by atoms with Crippen LogP contribution >= 0.6 is 0 Å². The van der Waals surface area contributed by atoms with Gasteiger partial charge in [0, 0.05) is 11.8 Å². The Balaban J connectivity index is 1.56. The zero-order valence-corrected chi connectivity index (χ0v) is 19.6. The van der Waals surface area contributed by atoms with Crippen LogP contribution in [-0.2, 0) is 11.3 Å². The molecule has 0 fully saturated rings. The molecule has 0 unspecified atom stereocenters. The van der Waals surface area contributed by atoms with Crippen molar-refractivity contribution in [2.45, 2.75) is 32.9 Å². The number of rotatable bonds is 7. The first-order valence-corrected chi connectivity index (χ1v) is 11.0. The van der Waals surface area contributed by atoms with Crippen molar-refractivity contribution in [3.8, 4) is 11.4 Å². The third kappa shape index (κ3) is 5.75. The molecule has 0 saturated carbocycles. The molecule has 0 bridgehead atoms. The fourth-order valence-corrected chi connectivity index (χ4v) is 3.40. The molecule has 0 aliphatic heterocycles. The molecule has 0 aliphatic rings. The van der Waals surface area contributed by atoms with Crippen LogP contribution in [0.15, 0.2) is 72.9 Å². The van der Waals surface area contributed by atoms with Gasteiger partial charge in [-0.3, -0.25) is 19.9 Å². The number of amides is 2. The van der Waals surface area contributed by atoms with Crippen molar-refractivity contribution >= 4 is 17.8 Å². The van der Waals surface area contributed by atoms with E-state index in [9.17, 15) is 14.0 Å². The van der Waals surface area contributed by atoms with Crippen molar-refractivity contribution in [2.24, 2.45) is 0 Å². The van der Waals surface area contributed by atoms with Gasteiger partial charge in [0.25, 0.3) is 11.8 Å². The van der Waals surface area contributed by atoms with E-state index in [0.717, 1.165) is 11.1 Å². The molecule has 0 atom stereocenters. The minimum atomic E-state index is -1.27. The average Bonchev–Trinajstić information content (AvgIpc) is 3.21. The van der Waals surface area contributed by atoms with Crippen molar-refractivity contribution in [2.75, 3.05) is 5.32 Å². The number of aryl methyl sites for hydroxylation is 1. The largest absolute Gasteiger partial charge is 0.337 e. The molecule has 35 heavy (non-hydrogen) atoms. The summed E-state index contributed by atoms with van der Waals surface area (Å²) in [6.45, 7) is 5.41. The van der Waals surface area contributed by atoms with Crippen LogP contribution in [0, 0.1) is 12.7 Å². The van der Waals surface area contributed by atoms with E-state index in [1.54, 1.807) is 42.8 Å². The number of hydrogen-bond acceptors (Lipinski definition) is 5. The predicted octanol–water partition coefficient (Wildman–Crippen LogP) is 3.98. The number of hydrogen-bond donors (Lipinski definition) is 2. The molecule has 4 aromatic rings. The number of anilines is 1. The summed E-state index contributed by atoms with van der Waals surface area (Å²) in [6, 6.07) is 19.0. The van der Waals surface area contributed by atoms with E-state index in [1.807, 2.05) is 37.3 Å². The molecule has 0 radical (unpaired) electrons. The maximum absolute atomic E-state index is 13.5. The average molecular weight is 473 g/mol. The molecule has 2 N–H and O–H groups in total. The van der Waals surface area contributed by atoms with Crippen molar-refractivity contribution in [3.63, 3.8) is 0 Å². The minimum absolute atomic E-state index is 0.0706. The Morgan fingerprint density at radius 3 is 2.43 bits per heavy atom. The predicted molar refractivity (Wildman–Crippen MR) is 130 cm³/mol. The van der Waals surface area contributed by atoms with E-state index in [1.165, 1.54) is 18.3 Å². The summed E-state index contributed by atoms with van der Waals surface area (Å²) in [5.41, 5.74) is 1.46. The quantitative estimate of drug-likeness (QED) is 0.424. The van der Waals surface area contributed by atoms with E-state index in [0.29, 0.717) is 17.9 Å². The van der Waals surface area contributed by atoms with Crippen molar-refractivity contribution in [3.05, 3.63) is 95.6 Å². The lowest BCUT2D eigenvalue weighted by Crippen LogP contribution is -2.52. The Morgan fingerprint density at radius 1 is 1.03 bits per heavy atom. The van der Waals surface area contributed by atoms with Gasteiger partial charge in [-0.2, -0.15) is 4.98 Å². The van der Waals surface area contributed by atoms with Gasteiger partial charge in [-0.15, -0.1) is 5.10 Å². The monoisotopic (exact) mass is 472 g/mol. The molecule has 2 heterocycles. The van der Waals surface area contributed by atoms with Crippen LogP contribution in [-0.4, -0.2) is 37.1 Å². The molecule has 8 nitrogen and oxygen atoms in total. The van der Waals surface area contributed by atoms with Crippen LogP contribution in [0.4, 0.5) is 10.3 Å². The van der Waals surface area contributed by atoms with Gasteiger partial charge >= 0.3 is 0 Å². The molecule has 0 spiro atoms. The summed E-state index contributed by atoms with van der Waals surface area (Å²) in [5, 5.41) is 9.85. The standard InChI is InChI=1S/C26H25FN6O2/c1-17-13-14-28-21(15-17)23(34)31-26(2,3)24(35)30-25-29-22(19-9-11-20(27)12-10-19)33(32-25)16-18-7-5-4-6-8-18/h4-15H,16H2,1-3H3,(H,31,34)(H,30,32,35). The molecule has 4 rings (SSSR count). The molecule has 0 aliphatic carbocycles. The second-order valence-corrected chi connectivity index (χ2v) is 8.66. The van der Waals surface area contributed by atoms with Gasteiger partial charge < -0.3 is 5.32 Å². The molecule has 178 valence electrons. The number of carbonyl (C=O) groups excluding carboxylic acids is 2. The first-order chi connectivity index (χ1) is 16.7. The van der Waals surface area contributed by atoms with Crippen LogP contribution in [0.1, 0.15) is 35.5 Å². The van der Waals surface area contributed by atoms with Gasteiger partial charge in [0.2, 0.25) is 5.95 Å². The van der Waals surface area contributed by atoms with Crippen LogP contribution in [0.2, 0.25) is 0 Å². The Morgan fingerprint density at radius 2 is 1.74 bits per heavy atom. The zero-order valence-electron chi connectivity index (χ0n) is 19.6. The molecular formula is C26H25FN6O2.